The molecule has 1 heterocycles. The van der Waals surface area contributed by atoms with E-state index in [9.17, 15) is 4.79 Å². The molecular formula is C15H20ClN3O2. The Bertz CT molecular complexity index is 491. The Kier molecular flexibility index (Phi) is 7.00. The number of carbonyl (C=O) groups is 1. The van der Waals surface area contributed by atoms with Crippen LogP contribution < -0.4 is 4.90 Å². The fraction of sp³-hybridized carbons (Fsp3) is 0.467. The largest absolute Gasteiger partial charge is 0.481 e. The summed E-state index contributed by atoms with van der Waals surface area (Å²) in [6.07, 6.45) is 0.960. The van der Waals surface area contributed by atoms with Crippen molar-refractivity contribution < 1.29 is 9.90 Å². The maximum Gasteiger partial charge on any atom is 0.303 e. The Morgan fingerprint density at radius 1 is 1.19 bits per heavy atom. The standard InChI is InChI=1S/C15H19N3O2.ClH/c16-12-13-3-5-14(6-4-13)18-10-8-17(9-11-18)7-1-2-15(19)20;/h3-6H,1-2,7-11H2,(H,19,20);1H. The van der Waals surface area contributed by atoms with Gasteiger partial charge in [0.25, 0.3) is 0 Å². The van der Waals surface area contributed by atoms with E-state index in [1.165, 1.54) is 0 Å². The first-order valence-electron chi connectivity index (χ1n) is 6.88. The molecule has 2 rings (SSSR count). The molecule has 1 aromatic carbocycles. The highest BCUT2D eigenvalue weighted by Crippen LogP contribution is 2.17. The molecule has 0 bridgehead atoms. The molecule has 114 valence electrons. The number of nitrogens with zero attached hydrogens (tertiary/aromatic N) is 3. The van der Waals surface area contributed by atoms with Gasteiger partial charge >= 0.3 is 5.97 Å². The van der Waals surface area contributed by atoms with Crippen molar-refractivity contribution in [1.82, 2.24) is 4.90 Å². The summed E-state index contributed by atoms with van der Waals surface area (Å²) >= 11 is 0. The van der Waals surface area contributed by atoms with E-state index >= 15 is 0 Å². The summed E-state index contributed by atoms with van der Waals surface area (Å²) in [6, 6.07) is 9.77. The van der Waals surface area contributed by atoms with E-state index in [0.29, 0.717) is 12.0 Å². The van der Waals surface area contributed by atoms with Gasteiger partial charge in [0.15, 0.2) is 0 Å². The predicted octanol–water partition coefficient (Wildman–Crippen LogP) is 1.97. The lowest BCUT2D eigenvalue weighted by Crippen LogP contribution is -2.46. The van der Waals surface area contributed by atoms with Gasteiger partial charge in [0.1, 0.15) is 0 Å². The second kappa shape index (κ2) is 8.50. The van der Waals surface area contributed by atoms with Crippen LogP contribution in [0.1, 0.15) is 18.4 Å². The van der Waals surface area contributed by atoms with Gasteiger partial charge in [-0.25, -0.2) is 0 Å². The molecule has 0 aliphatic carbocycles. The van der Waals surface area contributed by atoms with Crippen LogP contribution in [0.4, 0.5) is 5.69 Å². The molecule has 21 heavy (non-hydrogen) atoms. The molecule has 0 atom stereocenters. The highest BCUT2D eigenvalue weighted by Gasteiger charge is 2.16. The van der Waals surface area contributed by atoms with E-state index in [4.69, 9.17) is 10.4 Å². The van der Waals surface area contributed by atoms with Gasteiger partial charge in [-0.15, -0.1) is 12.4 Å². The van der Waals surface area contributed by atoms with Gasteiger partial charge in [-0.1, -0.05) is 0 Å². The molecule has 1 fully saturated rings. The molecule has 0 saturated carbocycles. The third-order valence-electron chi connectivity index (χ3n) is 3.60. The fourth-order valence-corrected chi connectivity index (χ4v) is 2.43. The minimum Gasteiger partial charge on any atom is -0.481 e. The Labute approximate surface area is 131 Å². The molecular weight excluding hydrogens is 290 g/mol. The lowest BCUT2D eigenvalue weighted by molar-refractivity contribution is -0.137. The SMILES string of the molecule is Cl.N#Cc1ccc(N2CCN(CCCC(=O)O)CC2)cc1. The maximum absolute atomic E-state index is 10.5. The summed E-state index contributed by atoms with van der Waals surface area (Å²) in [4.78, 5) is 15.1. The van der Waals surface area contributed by atoms with Crippen molar-refractivity contribution in [1.29, 1.82) is 5.26 Å². The molecule has 1 aliphatic rings. The average molecular weight is 310 g/mol. The van der Waals surface area contributed by atoms with Gasteiger partial charge < -0.3 is 10.0 Å². The van der Waals surface area contributed by atoms with Crippen molar-refractivity contribution in [2.45, 2.75) is 12.8 Å². The Morgan fingerprint density at radius 2 is 1.81 bits per heavy atom. The van der Waals surface area contributed by atoms with Crippen LogP contribution in [-0.4, -0.2) is 48.7 Å². The van der Waals surface area contributed by atoms with Crippen molar-refractivity contribution in [3.8, 4) is 6.07 Å². The maximum atomic E-state index is 10.5. The van der Waals surface area contributed by atoms with Gasteiger partial charge in [-0.2, -0.15) is 5.26 Å². The second-order valence-corrected chi connectivity index (χ2v) is 4.98. The van der Waals surface area contributed by atoms with Gasteiger partial charge in [0, 0.05) is 38.3 Å². The minimum absolute atomic E-state index is 0. The number of carboxylic acid groups (broad SMARTS) is 1. The molecule has 1 aromatic rings. The van der Waals surface area contributed by atoms with Crippen molar-refractivity contribution in [3.63, 3.8) is 0 Å². The first kappa shape index (κ1) is 17.3. The van der Waals surface area contributed by atoms with Crippen LogP contribution in [0.15, 0.2) is 24.3 Å². The zero-order chi connectivity index (χ0) is 14.4. The van der Waals surface area contributed by atoms with Crippen LogP contribution >= 0.6 is 12.4 Å². The zero-order valence-corrected chi connectivity index (χ0v) is 12.7. The summed E-state index contributed by atoms with van der Waals surface area (Å²) in [5.41, 5.74) is 1.83. The number of anilines is 1. The normalized spacial score (nSPS) is 15.1. The Hall–Kier alpha value is -1.77. The van der Waals surface area contributed by atoms with Crippen LogP contribution in [0.2, 0.25) is 0 Å². The van der Waals surface area contributed by atoms with Gasteiger partial charge in [-0.05, 0) is 37.2 Å². The van der Waals surface area contributed by atoms with E-state index < -0.39 is 5.97 Å². The molecule has 0 unspecified atom stereocenters. The number of rotatable bonds is 5. The number of benzene rings is 1. The highest BCUT2D eigenvalue weighted by molar-refractivity contribution is 5.85. The number of hydrogen-bond acceptors (Lipinski definition) is 4. The first-order valence-corrected chi connectivity index (χ1v) is 6.88. The van der Waals surface area contributed by atoms with Gasteiger partial charge in [-0.3, -0.25) is 9.69 Å². The number of halogens is 1. The van der Waals surface area contributed by atoms with Crippen molar-refractivity contribution in [3.05, 3.63) is 29.8 Å². The van der Waals surface area contributed by atoms with Crippen molar-refractivity contribution >= 4 is 24.1 Å². The minimum atomic E-state index is -0.721. The summed E-state index contributed by atoms with van der Waals surface area (Å²) < 4.78 is 0. The van der Waals surface area contributed by atoms with Crippen molar-refractivity contribution in [2.75, 3.05) is 37.6 Å². The van der Waals surface area contributed by atoms with Crippen molar-refractivity contribution in [2.24, 2.45) is 0 Å². The average Bonchev–Trinajstić information content (AvgIpc) is 2.48. The summed E-state index contributed by atoms with van der Waals surface area (Å²) in [5, 5.41) is 17.4. The molecule has 1 aliphatic heterocycles. The summed E-state index contributed by atoms with van der Waals surface area (Å²) in [5.74, 6) is -0.721. The van der Waals surface area contributed by atoms with E-state index in [2.05, 4.69) is 15.9 Å². The summed E-state index contributed by atoms with van der Waals surface area (Å²) in [6.45, 7) is 4.66. The van der Waals surface area contributed by atoms with Crippen LogP contribution in [0.5, 0.6) is 0 Å². The van der Waals surface area contributed by atoms with E-state index in [-0.39, 0.29) is 18.8 Å². The lowest BCUT2D eigenvalue weighted by Gasteiger charge is -2.36. The lowest BCUT2D eigenvalue weighted by atomic mass is 10.2. The fourth-order valence-electron chi connectivity index (χ4n) is 2.43. The Morgan fingerprint density at radius 3 is 2.33 bits per heavy atom. The molecule has 5 nitrogen and oxygen atoms in total. The van der Waals surface area contributed by atoms with E-state index in [0.717, 1.165) is 38.4 Å². The number of aliphatic carboxylic acids is 1. The van der Waals surface area contributed by atoms with Crippen LogP contribution in [-0.2, 0) is 4.79 Å². The molecule has 0 aromatic heterocycles. The third kappa shape index (κ3) is 5.25. The number of piperazine rings is 1. The van der Waals surface area contributed by atoms with E-state index in [1.807, 2.05) is 24.3 Å². The smallest absolute Gasteiger partial charge is 0.303 e. The van der Waals surface area contributed by atoms with Crippen LogP contribution in [0.3, 0.4) is 0 Å². The zero-order valence-electron chi connectivity index (χ0n) is 11.9. The third-order valence-corrected chi connectivity index (χ3v) is 3.60. The molecule has 0 amide bonds. The number of hydrogen-bond donors (Lipinski definition) is 1. The number of carboxylic acids is 1. The van der Waals surface area contributed by atoms with Gasteiger partial charge in [0.2, 0.25) is 0 Å². The van der Waals surface area contributed by atoms with Crippen LogP contribution in [0.25, 0.3) is 0 Å². The van der Waals surface area contributed by atoms with Crippen LogP contribution in [0, 0.1) is 11.3 Å². The van der Waals surface area contributed by atoms with E-state index in [1.54, 1.807) is 0 Å². The topological polar surface area (TPSA) is 67.6 Å². The van der Waals surface area contributed by atoms with Gasteiger partial charge in [0.05, 0.1) is 11.6 Å². The molecule has 6 heteroatoms. The summed E-state index contributed by atoms with van der Waals surface area (Å²) in [7, 11) is 0. The highest BCUT2D eigenvalue weighted by atomic mass is 35.5. The molecule has 0 radical (unpaired) electrons. The first-order chi connectivity index (χ1) is 9.69. The molecule has 1 saturated heterocycles. The monoisotopic (exact) mass is 309 g/mol. The molecule has 1 N–H and O–H groups in total. The quantitative estimate of drug-likeness (QED) is 0.900. The number of nitriles is 1. The Balaban J connectivity index is 0.00000220. The predicted molar refractivity (Wildman–Crippen MR) is 83.9 cm³/mol. The molecule has 0 spiro atoms. The second-order valence-electron chi connectivity index (χ2n) is 4.98.